The van der Waals surface area contributed by atoms with Crippen molar-refractivity contribution in [1.29, 1.82) is 0 Å². The first-order chi connectivity index (χ1) is 11.1. The summed E-state index contributed by atoms with van der Waals surface area (Å²) in [7, 11) is 0.00660. The van der Waals surface area contributed by atoms with Crippen LogP contribution in [-0.2, 0) is 14.8 Å². The molecule has 1 aromatic carbocycles. The van der Waals surface area contributed by atoms with Crippen molar-refractivity contribution in [1.82, 2.24) is 9.21 Å². The number of quaternary nitrogens is 1. The van der Waals surface area contributed by atoms with Crippen LogP contribution in [0.15, 0.2) is 27.6 Å². The van der Waals surface area contributed by atoms with Gasteiger partial charge in [-0.05, 0) is 37.6 Å². The lowest BCUT2D eigenvalue weighted by atomic mass is 10.2. The predicted octanol–water partition coefficient (Wildman–Crippen LogP) is 0.123. The van der Waals surface area contributed by atoms with Crippen LogP contribution in [0.3, 0.4) is 0 Å². The van der Waals surface area contributed by atoms with Crippen molar-refractivity contribution in [3.63, 3.8) is 0 Å². The Kier molecular flexibility index (Phi) is 6.06. The van der Waals surface area contributed by atoms with Gasteiger partial charge in [0.05, 0.1) is 31.1 Å². The number of carbonyl (C=O) groups is 1. The lowest BCUT2D eigenvalue weighted by molar-refractivity contribution is -0.917. The molecular formula is C16H25BrN3O3S+. The van der Waals surface area contributed by atoms with Gasteiger partial charge in [0.15, 0.2) is 6.04 Å². The number of halogens is 1. The molecule has 1 aliphatic heterocycles. The Balaban J connectivity index is 2.08. The maximum Gasteiger partial charge on any atom is 0.280 e. The quantitative estimate of drug-likeness (QED) is 0.755. The van der Waals surface area contributed by atoms with Gasteiger partial charge in [0, 0.05) is 18.6 Å². The highest BCUT2D eigenvalue weighted by molar-refractivity contribution is 9.10. The second kappa shape index (κ2) is 7.51. The third-order valence-electron chi connectivity index (χ3n) is 4.56. The molecule has 8 heteroatoms. The molecule has 0 saturated carbocycles. The Morgan fingerprint density at radius 2 is 1.88 bits per heavy atom. The Labute approximate surface area is 152 Å². The van der Waals surface area contributed by atoms with Crippen molar-refractivity contribution in [3.05, 3.63) is 28.2 Å². The largest absolute Gasteiger partial charge is 0.344 e. The minimum absolute atomic E-state index is 0.0739. The molecule has 1 heterocycles. The number of hydrogen-bond donors (Lipinski definition) is 1. The van der Waals surface area contributed by atoms with Crippen LogP contribution in [-0.4, -0.2) is 69.8 Å². The van der Waals surface area contributed by atoms with E-state index < -0.39 is 10.0 Å². The van der Waals surface area contributed by atoms with Crippen LogP contribution in [0.2, 0.25) is 0 Å². The van der Waals surface area contributed by atoms with Crippen molar-refractivity contribution in [2.24, 2.45) is 0 Å². The van der Waals surface area contributed by atoms with Crippen LogP contribution in [0.4, 0.5) is 0 Å². The van der Waals surface area contributed by atoms with E-state index in [2.05, 4.69) is 15.9 Å². The van der Waals surface area contributed by atoms with Gasteiger partial charge in [-0.15, -0.1) is 0 Å². The smallest absolute Gasteiger partial charge is 0.280 e. The SMILES string of the molecule is Cc1cc(S(=O)(=O)N2CC[NH+]([C@@H](C)C(=O)N(C)C)CC2)ccc1Br. The summed E-state index contributed by atoms with van der Waals surface area (Å²) in [6, 6.07) is 4.93. The summed E-state index contributed by atoms with van der Waals surface area (Å²) in [5.74, 6) is 0.0739. The summed E-state index contributed by atoms with van der Waals surface area (Å²) in [4.78, 5) is 15.1. The molecule has 2 rings (SSSR count). The second-order valence-corrected chi connectivity index (χ2v) is 9.22. The summed E-state index contributed by atoms with van der Waals surface area (Å²) in [6.45, 7) is 5.90. The highest BCUT2D eigenvalue weighted by Crippen LogP contribution is 2.22. The number of sulfonamides is 1. The number of aryl methyl sites for hydroxylation is 1. The zero-order valence-electron chi connectivity index (χ0n) is 14.5. The monoisotopic (exact) mass is 418 g/mol. The van der Waals surface area contributed by atoms with Crippen molar-refractivity contribution >= 4 is 31.9 Å². The molecule has 1 aromatic rings. The van der Waals surface area contributed by atoms with Crippen LogP contribution in [0.25, 0.3) is 0 Å². The maximum atomic E-state index is 12.8. The number of nitrogens with one attached hydrogen (secondary N) is 1. The summed E-state index contributed by atoms with van der Waals surface area (Å²) >= 11 is 3.39. The number of nitrogens with zero attached hydrogens (tertiary/aromatic N) is 2. The molecule has 1 fully saturated rings. The molecule has 1 amide bonds. The van der Waals surface area contributed by atoms with Gasteiger partial charge < -0.3 is 9.80 Å². The van der Waals surface area contributed by atoms with Crippen LogP contribution in [0, 0.1) is 6.92 Å². The molecule has 1 saturated heterocycles. The van der Waals surface area contributed by atoms with Gasteiger partial charge in [0.1, 0.15) is 0 Å². The number of piperazine rings is 1. The van der Waals surface area contributed by atoms with Gasteiger partial charge in [-0.2, -0.15) is 4.31 Å². The van der Waals surface area contributed by atoms with Gasteiger partial charge in [-0.3, -0.25) is 4.79 Å². The van der Waals surface area contributed by atoms with Crippen LogP contribution >= 0.6 is 15.9 Å². The molecular weight excluding hydrogens is 394 g/mol. The van der Waals surface area contributed by atoms with Gasteiger partial charge in [-0.1, -0.05) is 15.9 Å². The molecule has 0 bridgehead atoms. The molecule has 0 spiro atoms. The highest BCUT2D eigenvalue weighted by atomic mass is 79.9. The lowest BCUT2D eigenvalue weighted by Gasteiger charge is -2.34. The zero-order valence-corrected chi connectivity index (χ0v) is 16.9. The normalized spacial score (nSPS) is 18.4. The molecule has 0 aromatic heterocycles. The average Bonchev–Trinajstić information content (AvgIpc) is 2.55. The number of carbonyl (C=O) groups excluding carboxylic acids is 1. The fraction of sp³-hybridized carbons (Fsp3) is 0.562. The number of hydrogen-bond acceptors (Lipinski definition) is 3. The van der Waals surface area contributed by atoms with Crippen LogP contribution in [0.5, 0.6) is 0 Å². The summed E-state index contributed by atoms with van der Waals surface area (Å²) in [5, 5.41) is 0. The van der Waals surface area contributed by atoms with E-state index in [0.717, 1.165) is 14.9 Å². The summed E-state index contributed by atoms with van der Waals surface area (Å²) < 4.78 is 28.0. The molecule has 6 nitrogen and oxygen atoms in total. The lowest BCUT2D eigenvalue weighted by Crippen LogP contribution is -3.19. The Morgan fingerprint density at radius 3 is 2.38 bits per heavy atom. The van der Waals surface area contributed by atoms with E-state index >= 15 is 0 Å². The Hall–Kier alpha value is -0.960. The van der Waals surface area contributed by atoms with Crippen molar-refractivity contribution in [2.45, 2.75) is 24.8 Å². The van der Waals surface area contributed by atoms with Gasteiger partial charge in [0.2, 0.25) is 10.0 Å². The first kappa shape index (κ1) is 19.4. The molecule has 1 N–H and O–H groups in total. The average molecular weight is 419 g/mol. The standard InChI is InChI=1S/C16H24BrN3O3S/c1-12-11-14(5-6-15(12)17)24(22,23)20-9-7-19(8-10-20)13(2)16(21)18(3)4/h5-6,11,13H,7-10H2,1-4H3/p+1/t13-/m0/s1. The van der Waals surface area contributed by atoms with E-state index in [4.69, 9.17) is 0 Å². The predicted molar refractivity (Wildman–Crippen MR) is 96.5 cm³/mol. The first-order valence-electron chi connectivity index (χ1n) is 7.96. The van der Waals surface area contributed by atoms with Crippen molar-refractivity contribution in [3.8, 4) is 0 Å². The van der Waals surface area contributed by atoms with Crippen molar-refractivity contribution < 1.29 is 18.1 Å². The summed E-state index contributed by atoms with van der Waals surface area (Å²) in [6.07, 6.45) is 0. The molecule has 1 atom stereocenters. The molecule has 24 heavy (non-hydrogen) atoms. The first-order valence-corrected chi connectivity index (χ1v) is 10.2. The fourth-order valence-corrected chi connectivity index (χ4v) is 4.71. The van der Waals surface area contributed by atoms with Gasteiger partial charge in [0.25, 0.3) is 5.91 Å². The van der Waals surface area contributed by atoms with E-state index in [9.17, 15) is 13.2 Å². The maximum absolute atomic E-state index is 12.8. The van der Waals surface area contributed by atoms with E-state index in [1.165, 1.54) is 4.31 Å². The highest BCUT2D eigenvalue weighted by Gasteiger charge is 2.34. The Bertz CT molecular complexity index is 713. The van der Waals surface area contributed by atoms with Crippen LogP contribution in [0.1, 0.15) is 12.5 Å². The number of amides is 1. The fourth-order valence-electron chi connectivity index (χ4n) is 2.94. The summed E-state index contributed by atoms with van der Waals surface area (Å²) in [5.41, 5.74) is 0.894. The van der Waals surface area contributed by atoms with E-state index in [1.807, 2.05) is 13.8 Å². The van der Waals surface area contributed by atoms with Crippen molar-refractivity contribution in [2.75, 3.05) is 40.3 Å². The number of rotatable bonds is 4. The van der Waals surface area contributed by atoms with E-state index in [-0.39, 0.29) is 11.9 Å². The third kappa shape index (κ3) is 3.99. The van der Waals surface area contributed by atoms with Crippen LogP contribution < -0.4 is 4.90 Å². The minimum atomic E-state index is -3.48. The second-order valence-electron chi connectivity index (χ2n) is 6.43. The van der Waals surface area contributed by atoms with E-state index in [1.54, 1.807) is 37.2 Å². The Morgan fingerprint density at radius 1 is 1.29 bits per heavy atom. The van der Waals surface area contributed by atoms with Gasteiger partial charge in [-0.25, -0.2) is 8.42 Å². The topological polar surface area (TPSA) is 62.1 Å². The molecule has 0 unspecified atom stereocenters. The third-order valence-corrected chi connectivity index (χ3v) is 7.34. The number of likely N-dealkylation sites (N-methyl/N-ethyl adjacent to an activating group) is 1. The van der Waals surface area contributed by atoms with Gasteiger partial charge >= 0.3 is 0 Å². The molecule has 0 aliphatic carbocycles. The molecule has 0 radical (unpaired) electrons. The molecule has 134 valence electrons. The number of benzene rings is 1. The minimum Gasteiger partial charge on any atom is -0.344 e. The molecule has 1 aliphatic rings. The van der Waals surface area contributed by atoms with E-state index in [0.29, 0.717) is 31.1 Å². The zero-order chi connectivity index (χ0) is 18.1.